The first-order valence-electron chi connectivity index (χ1n) is 18.5. The lowest BCUT2D eigenvalue weighted by molar-refractivity contribution is -0.432. The summed E-state index contributed by atoms with van der Waals surface area (Å²) in [4.78, 5) is 36.1. The van der Waals surface area contributed by atoms with E-state index in [1.807, 2.05) is 60.7 Å². The predicted molar refractivity (Wildman–Crippen MR) is 235 cm³/mol. The van der Waals surface area contributed by atoms with Gasteiger partial charge in [0.1, 0.15) is 4.90 Å². The SMILES string of the molecule is CN(CCO)c1nc(Nc2ccccc2)nc(Nc2ccc(/C=C/c3ccc(N(C)c4nc(Nc5ccccc5)nc(N(C)CCOO)n4)cc3S(=O)(=O)O)c(SOOO)c2)n1. The molecule has 0 atom stereocenters. The third-order valence-electron chi connectivity index (χ3n) is 8.76. The molecule has 0 aliphatic heterocycles. The Morgan fingerprint density at radius 3 is 1.81 bits per heavy atom. The van der Waals surface area contributed by atoms with Crippen molar-refractivity contribution in [2.24, 2.45) is 0 Å². The highest BCUT2D eigenvalue weighted by atomic mass is 32.2. The average Bonchev–Trinajstić information content (AvgIpc) is 3.27. The molecule has 6 aromatic rings. The van der Waals surface area contributed by atoms with Crippen molar-refractivity contribution >= 4 is 92.8 Å². The van der Waals surface area contributed by atoms with Gasteiger partial charge in [0.25, 0.3) is 10.1 Å². The maximum absolute atomic E-state index is 12.8. The van der Waals surface area contributed by atoms with E-state index in [0.29, 0.717) is 39.6 Å². The van der Waals surface area contributed by atoms with Crippen molar-refractivity contribution < 1.29 is 42.9 Å². The van der Waals surface area contributed by atoms with E-state index < -0.39 is 15.0 Å². The molecular weight excluding hydrogens is 845 g/mol. The Bertz CT molecular complexity index is 2570. The highest BCUT2D eigenvalue weighted by Gasteiger charge is 2.20. The quantitative estimate of drug-likeness (QED) is 0.0138. The number of aliphatic hydroxyl groups excluding tert-OH is 1. The molecule has 0 radical (unpaired) electrons. The minimum absolute atomic E-state index is 0.0225. The first-order chi connectivity index (χ1) is 29.9. The van der Waals surface area contributed by atoms with Crippen LogP contribution in [-0.2, 0) is 24.4 Å². The fourth-order valence-corrected chi connectivity index (χ4v) is 6.81. The van der Waals surface area contributed by atoms with Crippen molar-refractivity contribution in [3.05, 3.63) is 108 Å². The largest absolute Gasteiger partial charge is 0.395 e. The smallest absolute Gasteiger partial charge is 0.295 e. The van der Waals surface area contributed by atoms with Gasteiger partial charge >= 0.3 is 0 Å². The molecule has 0 aliphatic carbocycles. The van der Waals surface area contributed by atoms with Gasteiger partial charge in [-0.2, -0.15) is 38.3 Å². The van der Waals surface area contributed by atoms with E-state index >= 15 is 0 Å². The van der Waals surface area contributed by atoms with Gasteiger partial charge in [-0.05, 0) is 59.7 Å². The number of likely N-dealkylation sites (N-methyl/N-ethyl adjacent to an activating group) is 2. The van der Waals surface area contributed by atoms with Crippen LogP contribution in [0.3, 0.4) is 0 Å². The molecule has 2 aromatic heterocycles. The maximum Gasteiger partial charge on any atom is 0.295 e. The molecule has 23 heteroatoms. The summed E-state index contributed by atoms with van der Waals surface area (Å²) in [6.45, 7) is 0.353. The van der Waals surface area contributed by atoms with Crippen LogP contribution in [-0.4, -0.2) is 106 Å². The van der Waals surface area contributed by atoms with Gasteiger partial charge in [-0.15, -0.1) is 4.33 Å². The number of benzene rings is 4. The van der Waals surface area contributed by atoms with E-state index in [1.165, 1.54) is 23.1 Å². The normalized spacial score (nSPS) is 11.4. The van der Waals surface area contributed by atoms with Crippen LogP contribution in [0.2, 0.25) is 0 Å². The fourth-order valence-electron chi connectivity index (χ4n) is 5.60. The van der Waals surface area contributed by atoms with Crippen LogP contribution in [0.25, 0.3) is 12.2 Å². The Labute approximate surface area is 360 Å². The summed E-state index contributed by atoms with van der Waals surface area (Å²) in [6, 6.07) is 27.9. The first kappa shape index (κ1) is 45.0. The van der Waals surface area contributed by atoms with E-state index in [9.17, 15) is 18.1 Å². The van der Waals surface area contributed by atoms with E-state index in [1.54, 1.807) is 61.3 Å². The van der Waals surface area contributed by atoms with Gasteiger partial charge in [0.05, 0.1) is 25.3 Å². The molecule has 0 saturated carbocycles. The summed E-state index contributed by atoms with van der Waals surface area (Å²) in [6.07, 6.45) is 3.07. The van der Waals surface area contributed by atoms with Crippen LogP contribution < -0.4 is 30.7 Å². The summed E-state index contributed by atoms with van der Waals surface area (Å²) >= 11 is 0.663. The van der Waals surface area contributed by atoms with Gasteiger partial charge in [0.15, 0.2) is 0 Å². The Morgan fingerprint density at radius 2 is 1.21 bits per heavy atom. The molecule has 62 heavy (non-hydrogen) atoms. The van der Waals surface area contributed by atoms with Gasteiger partial charge in [-0.3, -0.25) is 9.81 Å². The standard InChI is InChI=1S/C39H42N12O9S2/c1-49(20-22-52)37-44-34(40-28-10-6-4-7-11-28)43-35(45-37)42-30-18-16-26(32(24-30)61-60-59-54)14-15-27-17-19-31(25-33(27)62(55,56)57)51(3)39-47-36(41-29-12-8-5-9-13-29)46-38(48-39)50(2)21-23-58-53/h4-19,24-25,52-54H,20-23H2,1-3H3,(H,55,56,57)(H,41,46,47,48)(H2,40,42,43,44,45)/b15-14+. The van der Waals surface area contributed by atoms with Crippen molar-refractivity contribution in [2.45, 2.75) is 9.79 Å². The highest BCUT2D eigenvalue weighted by molar-refractivity contribution is 7.94. The molecule has 0 aliphatic rings. The molecule has 7 N–H and O–H groups in total. The summed E-state index contributed by atoms with van der Waals surface area (Å²) < 4.78 is 40.8. The number of para-hydroxylation sites is 2. The number of hydrogen-bond acceptors (Lipinski definition) is 21. The van der Waals surface area contributed by atoms with Gasteiger partial charge in [-0.1, -0.05) is 65.7 Å². The molecule has 0 unspecified atom stereocenters. The molecule has 4 aromatic carbocycles. The van der Waals surface area contributed by atoms with E-state index in [2.05, 4.69) is 55.8 Å². The Hall–Kier alpha value is -6.54. The summed E-state index contributed by atoms with van der Waals surface area (Å²) in [5.74, 6) is 1.24. The number of anilines is 10. The Morgan fingerprint density at radius 1 is 0.661 bits per heavy atom. The Balaban J connectivity index is 1.29. The second kappa shape index (κ2) is 21.3. The third kappa shape index (κ3) is 12.3. The van der Waals surface area contributed by atoms with Crippen molar-refractivity contribution in [3.8, 4) is 0 Å². The molecular formula is C39H42N12O9S2. The summed E-state index contributed by atoms with van der Waals surface area (Å²) in [7, 11) is 0.265. The zero-order valence-corrected chi connectivity index (χ0v) is 35.0. The second-order valence-corrected chi connectivity index (χ2v) is 15.2. The van der Waals surface area contributed by atoms with E-state index in [0.717, 1.165) is 5.69 Å². The van der Waals surface area contributed by atoms with Crippen molar-refractivity contribution in [1.29, 1.82) is 0 Å². The third-order valence-corrected chi connectivity index (χ3v) is 10.3. The fraction of sp³-hybridized carbons (Fsp3) is 0.179. The average molecular weight is 887 g/mol. The number of nitrogens with zero attached hydrogens (tertiary/aromatic N) is 9. The number of nitrogens with one attached hydrogen (secondary N) is 3. The zero-order valence-electron chi connectivity index (χ0n) is 33.4. The molecule has 0 bridgehead atoms. The van der Waals surface area contributed by atoms with Crippen molar-refractivity contribution in [2.75, 3.05) is 78.1 Å². The topological polar surface area (TPSA) is 266 Å². The predicted octanol–water partition coefficient (Wildman–Crippen LogP) is 6.26. The lowest BCUT2D eigenvalue weighted by Gasteiger charge is -2.22. The Kier molecular flexibility index (Phi) is 15.5. The van der Waals surface area contributed by atoms with Crippen LogP contribution in [0, 0.1) is 0 Å². The number of hydrogen-bond donors (Lipinski definition) is 7. The summed E-state index contributed by atoms with van der Waals surface area (Å²) in [5, 5.41) is 40.7. The van der Waals surface area contributed by atoms with Crippen molar-refractivity contribution in [1.82, 2.24) is 29.9 Å². The molecule has 21 nitrogen and oxygen atoms in total. The molecule has 0 amide bonds. The molecule has 2 heterocycles. The van der Waals surface area contributed by atoms with Gasteiger partial charge in [0.2, 0.25) is 35.7 Å². The van der Waals surface area contributed by atoms with Crippen LogP contribution in [0.1, 0.15) is 11.1 Å². The minimum Gasteiger partial charge on any atom is -0.395 e. The summed E-state index contributed by atoms with van der Waals surface area (Å²) in [5.41, 5.74) is 2.88. The monoisotopic (exact) mass is 886 g/mol. The first-order valence-corrected chi connectivity index (χ1v) is 20.7. The van der Waals surface area contributed by atoms with E-state index in [-0.39, 0.29) is 67.6 Å². The van der Waals surface area contributed by atoms with Crippen LogP contribution in [0.15, 0.2) is 107 Å². The lowest BCUT2D eigenvalue weighted by Crippen LogP contribution is -2.26. The molecule has 0 spiro atoms. The van der Waals surface area contributed by atoms with Crippen LogP contribution in [0.4, 0.5) is 58.4 Å². The van der Waals surface area contributed by atoms with E-state index in [4.69, 9.17) is 14.8 Å². The molecule has 0 fully saturated rings. The number of rotatable bonds is 21. The van der Waals surface area contributed by atoms with Gasteiger partial charge < -0.3 is 35.8 Å². The second-order valence-electron chi connectivity index (χ2n) is 13.1. The van der Waals surface area contributed by atoms with Crippen molar-refractivity contribution in [3.63, 3.8) is 0 Å². The highest BCUT2D eigenvalue weighted by Crippen LogP contribution is 2.33. The van der Waals surface area contributed by atoms with Gasteiger partial charge in [0, 0.05) is 61.9 Å². The zero-order chi connectivity index (χ0) is 44.1. The van der Waals surface area contributed by atoms with Gasteiger partial charge in [-0.25, -0.2) is 10.1 Å². The molecule has 324 valence electrons. The van der Waals surface area contributed by atoms with Crippen LogP contribution in [0.5, 0.6) is 0 Å². The minimum atomic E-state index is -4.78. The number of aromatic nitrogens is 6. The molecule has 6 rings (SSSR count). The molecule has 0 saturated heterocycles. The van der Waals surface area contributed by atoms with Crippen LogP contribution >= 0.6 is 12.0 Å². The number of aliphatic hydroxyl groups is 1. The maximum atomic E-state index is 12.8. The lowest BCUT2D eigenvalue weighted by atomic mass is 10.1.